The van der Waals surface area contributed by atoms with Gasteiger partial charge < -0.3 is 31.4 Å². The summed E-state index contributed by atoms with van der Waals surface area (Å²) in [7, 11) is 0. The normalized spacial score (nSPS) is 13.3. The predicted octanol–water partition coefficient (Wildman–Crippen LogP) is 0.177. The van der Waals surface area contributed by atoms with E-state index < -0.39 is 29.9 Å². The number of aromatic amines is 1. The van der Waals surface area contributed by atoms with Crippen molar-refractivity contribution in [2.45, 2.75) is 31.3 Å². The zero-order valence-electron chi connectivity index (χ0n) is 13.2. The van der Waals surface area contributed by atoms with E-state index in [1.165, 1.54) is 6.07 Å². The highest BCUT2D eigenvalue weighted by atomic mass is 16.4. The van der Waals surface area contributed by atoms with Crippen LogP contribution in [0.2, 0.25) is 0 Å². The molecule has 9 heteroatoms. The van der Waals surface area contributed by atoms with Crippen LogP contribution in [0.1, 0.15) is 18.4 Å². The lowest BCUT2D eigenvalue weighted by Crippen LogP contribution is -2.49. The lowest BCUT2D eigenvalue weighted by Gasteiger charge is -2.17. The first-order chi connectivity index (χ1) is 11.8. The van der Waals surface area contributed by atoms with Gasteiger partial charge in [0.2, 0.25) is 5.91 Å². The highest BCUT2D eigenvalue weighted by molar-refractivity contribution is 5.89. The smallest absolute Gasteiger partial charge is 0.326 e. The van der Waals surface area contributed by atoms with E-state index in [0.29, 0.717) is 10.9 Å². The van der Waals surface area contributed by atoms with Crippen molar-refractivity contribution in [2.75, 3.05) is 0 Å². The molecule has 1 aromatic heterocycles. The number of carbonyl (C=O) groups is 3. The van der Waals surface area contributed by atoms with Crippen molar-refractivity contribution in [2.24, 2.45) is 5.73 Å². The predicted molar refractivity (Wildman–Crippen MR) is 88.1 cm³/mol. The number of aliphatic carboxylic acids is 2. The van der Waals surface area contributed by atoms with Gasteiger partial charge in [-0.25, -0.2) is 4.79 Å². The minimum absolute atomic E-state index is 0.0750. The van der Waals surface area contributed by atoms with Crippen LogP contribution in [0.4, 0.5) is 0 Å². The number of hydrogen-bond acceptors (Lipinski definition) is 5. The number of aromatic nitrogens is 1. The standard InChI is InChI=1S/C16H19N3O6/c17-11(15(23)19-13(16(24)25)3-4-14(21)22)5-8-7-18-12-2-1-9(20)6-10(8)12/h1-2,6-7,11,13,18,20H,3-5,17H2,(H,19,23)(H,21,22)(H,24,25). The molecule has 1 heterocycles. The van der Waals surface area contributed by atoms with Crippen LogP contribution in [0.15, 0.2) is 24.4 Å². The first kappa shape index (κ1) is 18.3. The fourth-order valence-corrected chi connectivity index (χ4v) is 2.47. The van der Waals surface area contributed by atoms with Crippen LogP contribution >= 0.6 is 0 Å². The molecule has 1 aromatic carbocycles. The van der Waals surface area contributed by atoms with E-state index in [0.717, 1.165) is 5.52 Å². The van der Waals surface area contributed by atoms with Crippen LogP contribution in [0.3, 0.4) is 0 Å². The molecule has 9 nitrogen and oxygen atoms in total. The van der Waals surface area contributed by atoms with Crippen LogP contribution in [0.25, 0.3) is 10.9 Å². The third-order valence-corrected chi connectivity index (χ3v) is 3.79. The highest BCUT2D eigenvalue weighted by Gasteiger charge is 2.24. The molecule has 0 aliphatic carbocycles. The van der Waals surface area contributed by atoms with Crippen LogP contribution in [-0.2, 0) is 20.8 Å². The molecule has 7 N–H and O–H groups in total. The molecule has 1 amide bonds. The molecular weight excluding hydrogens is 330 g/mol. The average molecular weight is 349 g/mol. The Labute approximate surface area is 142 Å². The van der Waals surface area contributed by atoms with E-state index in [9.17, 15) is 19.5 Å². The van der Waals surface area contributed by atoms with Crippen molar-refractivity contribution in [3.8, 4) is 5.75 Å². The topological polar surface area (TPSA) is 166 Å². The van der Waals surface area contributed by atoms with Crippen LogP contribution in [0, 0.1) is 0 Å². The molecule has 0 radical (unpaired) electrons. The van der Waals surface area contributed by atoms with Crippen molar-refractivity contribution >= 4 is 28.7 Å². The van der Waals surface area contributed by atoms with Gasteiger partial charge in [0.05, 0.1) is 6.04 Å². The monoisotopic (exact) mass is 349 g/mol. The molecule has 0 saturated heterocycles. The Kier molecular flexibility index (Phi) is 5.60. The number of amides is 1. The molecule has 2 aromatic rings. The number of nitrogens with two attached hydrogens (primary N) is 1. The number of fused-ring (bicyclic) bond motifs is 1. The number of aromatic hydroxyl groups is 1. The number of nitrogens with one attached hydrogen (secondary N) is 2. The van der Waals surface area contributed by atoms with Crippen molar-refractivity contribution in [1.29, 1.82) is 0 Å². The quantitative estimate of drug-likeness (QED) is 0.395. The Balaban J connectivity index is 2.04. The maximum Gasteiger partial charge on any atom is 0.326 e. The molecule has 0 saturated carbocycles. The third-order valence-electron chi connectivity index (χ3n) is 3.79. The molecule has 2 atom stereocenters. The number of carbonyl (C=O) groups excluding carboxylic acids is 1. The molecule has 0 bridgehead atoms. The van der Waals surface area contributed by atoms with Crippen molar-refractivity contribution in [1.82, 2.24) is 10.3 Å². The lowest BCUT2D eigenvalue weighted by atomic mass is 10.0. The van der Waals surface area contributed by atoms with Gasteiger partial charge in [-0.2, -0.15) is 0 Å². The molecule has 134 valence electrons. The van der Waals surface area contributed by atoms with Gasteiger partial charge in [0, 0.05) is 23.5 Å². The first-order valence-electron chi connectivity index (χ1n) is 7.57. The summed E-state index contributed by atoms with van der Waals surface area (Å²) in [5.41, 5.74) is 7.31. The van der Waals surface area contributed by atoms with E-state index in [1.807, 2.05) is 0 Å². The summed E-state index contributed by atoms with van der Waals surface area (Å²) in [4.78, 5) is 36.8. The van der Waals surface area contributed by atoms with E-state index >= 15 is 0 Å². The molecular formula is C16H19N3O6. The van der Waals surface area contributed by atoms with Gasteiger partial charge in [-0.1, -0.05) is 0 Å². The summed E-state index contributed by atoms with van der Waals surface area (Å²) >= 11 is 0. The molecule has 2 rings (SSSR count). The van der Waals surface area contributed by atoms with Crippen molar-refractivity contribution < 1.29 is 29.7 Å². The molecule has 0 spiro atoms. The fourth-order valence-electron chi connectivity index (χ4n) is 2.47. The Morgan fingerprint density at radius 3 is 2.60 bits per heavy atom. The van der Waals surface area contributed by atoms with E-state index in [4.69, 9.17) is 15.9 Å². The highest BCUT2D eigenvalue weighted by Crippen LogP contribution is 2.23. The van der Waals surface area contributed by atoms with Crippen LogP contribution in [0.5, 0.6) is 5.75 Å². The number of phenolic OH excluding ortho intramolecular Hbond substituents is 1. The Morgan fingerprint density at radius 1 is 1.24 bits per heavy atom. The maximum atomic E-state index is 12.1. The number of phenols is 1. The minimum atomic E-state index is -1.32. The molecule has 25 heavy (non-hydrogen) atoms. The Bertz CT molecular complexity index is 800. The summed E-state index contributed by atoms with van der Waals surface area (Å²) in [5, 5.41) is 30.2. The second kappa shape index (κ2) is 7.67. The van der Waals surface area contributed by atoms with Crippen LogP contribution < -0.4 is 11.1 Å². The maximum absolute atomic E-state index is 12.1. The number of carboxylic acids is 2. The summed E-state index contributed by atoms with van der Waals surface area (Å²) in [6.45, 7) is 0. The lowest BCUT2D eigenvalue weighted by molar-refractivity contribution is -0.143. The van der Waals surface area contributed by atoms with Crippen molar-refractivity contribution in [3.05, 3.63) is 30.0 Å². The second-order valence-corrected chi connectivity index (χ2v) is 5.69. The minimum Gasteiger partial charge on any atom is -0.508 e. The third kappa shape index (κ3) is 4.70. The SMILES string of the molecule is NC(Cc1c[nH]c2ccc(O)cc12)C(=O)NC(CCC(=O)O)C(=O)O. The Morgan fingerprint density at radius 2 is 1.96 bits per heavy atom. The molecule has 0 fully saturated rings. The van der Waals surface area contributed by atoms with Crippen molar-refractivity contribution in [3.63, 3.8) is 0 Å². The van der Waals surface area contributed by atoms with E-state index in [2.05, 4.69) is 10.3 Å². The number of hydrogen-bond donors (Lipinski definition) is 6. The zero-order chi connectivity index (χ0) is 18.6. The van der Waals surface area contributed by atoms with Gasteiger partial charge in [0.1, 0.15) is 11.8 Å². The fraction of sp³-hybridized carbons (Fsp3) is 0.312. The molecule has 0 aliphatic rings. The van der Waals surface area contributed by atoms with Gasteiger partial charge in [0.25, 0.3) is 0 Å². The van der Waals surface area contributed by atoms with E-state index in [-0.39, 0.29) is 25.0 Å². The largest absolute Gasteiger partial charge is 0.508 e. The average Bonchev–Trinajstić information content (AvgIpc) is 2.92. The van der Waals surface area contributed by atoms with Gasteiger partial charge in [-0.15, -0.1) is 0 Å². The summed E-state index contributed by atoms with van der Waals surface area (Å²) in [6, 6.07) is 2.41. The number of benzene rings is 1. The second-order valence-electron chi connectivity index (χ2n) is 5.69. The van der Waals surface area contributed by atoms with E-state index in [1.54, 1.807) is 18.3 Å². The Hall–Kier alpha value is -3.07. The van der Waals surface area contributed by atoms with Gasteiger partial charge in [-0.3, -0.25) is 9.59 Å². The number of carboxylic acid groups (broad SMARTS) is 2. The zero-order valence-corrected chi connectivity index (χ0v) is 13.2. The molecule has 2 unspecified atom stereocenters. The summed E-state index contributed by atoms with van der Waals surface area (Å²) in [6.07, 6.45) is 1.18. The summed E-state index contributed by atoms with van der Waals surface area (Å²) < 4.78 is 0. The van der Waals surface area contributed by atoms with Gasteiger partial charge in [-0.05, 0) is 36.6 Å². The van der Waals surface area contributed by atoms with Gasteiger partial charge in [0.15, 0.2) is 0 Å². The first-order valence-corrected chi connectivity index (χ1v) is 7.57. The number of H-pyrrole nitrogens is 1. The number of rotatable bonds is 8. The molecule has 0 aliphatic heterocycles. The summed E-state index contributed by atoms with van der Waals surface area (Å²) in [5.74, 6) is -3.08. The van der Waals surface area contributed by atoms with Crippen LogP contribution in [-0.4, -0.2) is 50.2 Å². The van der Waals surface area contributed by atoms with Gasteiger partial charge >= 0.3 is 11.9 Å².